The van der Waals surface area contributed by atoms with Crippen LogP contribution < -0.4 is 14.9 Å². The first-order valence-corrected chi connectivity index (χ1v) is 3.89. The number of rotatable bonds is 3. The number of H-pyrrole nitrogens is 1. The molecule has 1 N–H and O–H groups in total. The molecule has 0 aliphatic carbocycles. The predicted molar refractivity (Wildman–Crippen MR) is 45.7 cm³/mol. The third-order valence-corrected chi connectivity index (χ3v) is 1.52. The van der Waals surface area contributed by atoms with E-state index < -0.39 is 23.4 Å². The molecule has 0 atom stereocenters. The fraction of sp³-hybridized carbons (Fsp3) is 0.250. The molecule has 0 aromatic carbocycles. The van der Waals surface area contributed by atoms with Gasteiger partial charge in [-0.3, -0.25) is 9.59 Å². The zero-order chi connectivity index (χ0) is 12.3. The van der Waals surface area contributed by atoms with Crippen molar-refractivity contribution in [2.75, 3.05) is 7.11 Å². The molecule has 0 aliphatic heterocycles. The first-order valence-electron chi connectivity index (χ1n) is 3.89. The Morgan fingerprint density at radius 1 is 1.44 bits per heavy atom. The van der Waals surface area contributed by atoms with Gasteiger partial charge in [0.1, 0.15) is 0 Å². The van der Waals surface area contributed by atoms with Gasteiger partial charge in [-0.25, -0.2) is 0 Å². The van der Waals surface area contributed by atoms with Crippen molar-refractivity contribution in [2.24, 2.45) is 0 Å². The molecule has 8 heteroatoms. The monoisotopic (exact) mass is 237 g/mol. The van der Waals surface area contributed by atoms with Crippen molar-refractivity contribution in [3.05, 3.63) is 22.0 Å². The molecule has 16 heavy (non-hydrogen) atoms. The predicted octanol–water partition coefficient (Wildman–Crippen LogP) is 1.09. The fourth-order valence-corrected chi connectivity index (χ4v) is 0.962. The summed E-state index contributed by atoms with van der Waals surface area (Å²) < 4.78 is 43.7. The summed E-state index contributed by atoms with van der Waals surface area (Å²) in [6.07, 6.45) is -4.75. The highest BCUT2D eigenvalue weighted by Crippen LogP contribution is 2.26. The summed E-state index contributed by atoms with van der Waals surface area (Å²) in [5.74, 6) is -1.60. The molecule has 88 valence electrons. The molecule has 0 fully saturated rings. The summed E-state index contributed by atoms with van der Waals surface area (Å²) in [5.41, 5.74) is -1.31. The van der Waals surface area contributed by atoms with Crippen LogP contribution in [0.5, 0.6) is 11.6 Å². The van der Waals surface area contributed by atoms with Crippen LogP contribution in [0.15, 0.2) is 10.9 Å². The normalized spacial score (nSPS) is 11.0. The maximum absolute atomic E-state index is 11.9. The number of pyridine rings is 1. The number of carbonyl (C=O) groups excluding carboxylic acids is 1. The number of ether oxygens (including phenoxy) is 2. The molecule has 0 unspecified atom stereocenters. The second kappa shape index (κ2) is 4.25. The van der Waals surface area contributed by atoms with Crippen molar-refractivity contribution >= 4 is 6.29 Å². The minimum atomic E-state index is -5.01. The molecule has 1 rings (SSSR count). The molecule has 0 spiro atoms. The maximum Gasteiger partial charge on any atom is 0.573 e. The summed E-state index contributed by atoms with van der Waals surface area (Å²) in [7, 11) is 1.03. The lowest BCUT2D eigenvalue weighted by Gasteiger charge is -2.11. The third-order valence-electron chi connectivity index (χ3n) is 1.52. The fourth-order valence-electron chi connectivity index (χ4n) is 0.962. The van der Waals surface area contributed by atoms with E-state index in [1.165, 1.54) is 0 Å². The van der Waals surface area contributed by atoms with Crippen LogP contribution in [0.4, 0.5) is 13.2 Å². The minimum Gasteiger partial charge on any atom is -0.480 e. The lowest BCUT2D eigenvalue weighted by molar-refractivity contribution is -0.275. The van der Waals surface area contributed by atoms with Gasteiger partial charge in [-0.2, -0.15) is 0 Å². The Kier molecular flexibility index (Phi) is 3.21. The van der Waals surface area contributed by atoms with E-state index in [-0.39, 0.29) is 12.0 Å². The molecular weight excluding hydrogens is 231 g/mol. The highest BCUT2D eigenvalue weighted by molar-refractivity contribution is 5.72. The Balaban J connectivity index is 3.27. The number of aromatic amines is 1. The molecule has 1 aromatic heterocycles. The smallest absolute Gasteiger partial charge is 0.480 e. The summed E-state index contributed by atoms with van der Waals surface area (Å²) >= 11 is 0. The van der Waals surface area contributed by atoms with Gasteiger partial charge in [0.2, 0.25) is 17.1 Å². The second-order valence-corrected chi connectivity index (χ2v) is 2.62. The van der Waals surface area contributed by atoms with E-state index in [1.54, 1.807) is 0 Å². The van der Waals surface area contributed by atoms with Crippen molar-refractivity contribution in [1.29, 1.82) is 0 Å². The van der Waals surface area contributed by atoms with Crippen LogP contribution in [0, 0.1) is 0 Å². The Bertz CT molecular complexity index is 452. The Hall–Kier alpha value is -1.99. The molecule has 0 saturated carbocycles. The molecule has 1 heterocycles. The zero-order valence-corrected chi connectivity index (χ0v) is 7.92. The average Bonchev–Trinajstić information content (AvgIpc) is 2.19. The Labute approximate surface area is 86.8 Å². The standard InChI is InChI=1S/C8H6F3NO4/c1-15-7-6(16-8(9,10)11)5(14)2-4(3-13)12-7/h2-3H,1H3,(H,12,14). The lowest BCUT2D eigenvalue weighted by atomic mass is 10.3. The Morgan fingerprint density at radius 3 is 2.50 bits per heavy atom. The zero-order valence-electron chi connectivity index (χ0n) is 7.92. The largest absolute Gasteiger partial charge is 0.573 e. The van der Waals surface area contributed by atoms with Crippen molar-refractivity contribution < 1.29 is 27.4 Å². The number of carbonyl (C=O) groups is 1. The molecule has 1 aromatic rings. The number of nitrogens with one attached hydrogen (secondary N) is 1. The van der Waals surface area contributed by atoms with Crippen LogP contribution in [0.3, 0.4) is 0 Å². The van der Waals surface area contributed by atoms with Gasteiger partial charge in [-0.1, -0.05) is 0 Å². The number of methoxy groups -OCH3 is 1. The number of aldehydes is 1. The number of hydrogen-bond acceptors (Lipinski definition) is 4. The summed E-state index contributed by atoms with van der Waals surface area (Å²) in [6, 6.07) is 0.677. The molecule has 5 nitrogen and oxygen atoms in total. The highest BCUT2D eigenvalue weighted by atomic mass is 19.4. The van der Waals surface area contributed by atoms with Crippen LogP contribution in [0.25, 0.3) is 0 Å². The second-order valence-electron chi connectivity index (χ2n) is 2.62. The first kappa shape index (κ1) is 12.1. The summed E-state index contributed by atoms with van der Waals surface area (Å²) in [4.78, 5) is 23.7. The van der Waals surface area contributed by atoms with Crippen LogP contribution in [-0.4, -0.2) is 24.7 Å². The molecule has 0 amide bonds. The summed E-state index contributed by atoms with van der Waals surface area (Å²) in [5, 5.41) is 0. The number of aromatic nitrogens is 1. The van der Waals surface area contributed by atoms with Gasteiger partial charge >= 0.3 is 6.36 Å². The minimum absolute atomic E-state index is 0.212. The van der Waals surface area contributed by atoms with Crippen molar-refractivity contribution in [1.82, 2.24) is 4.98 Å². The van der Waals surface area contributed by atoms with Gasteiger partial charge in [0, 0.05) is 6.07 Å². The molecular formula is C8H6F3NO4. The first-order chi connectivity index (χ1) is 7.37. The van der Waals surface area contributed by atoms with E-state index in [4.69, 9.17) is 0 Å². The average molecular weight is 237 g/mol. The topological polar surface area (TPSA) is 68.4 Å². The van der Waals surface area contributed by atoms with Crippen LogP contribution in [0.1, 0.15) is 10.5 Å². The van der Waals surface area contributed by atoms with E-state index in [2.05, 4.69) is 14.5 Å². The number of halogens is 3. The van der Waals surface area contributed by atoms with E-state index >= 15 is 0 Å². The van der Waals surface area contributed by atoms with Crippen LogP contribution >= 0.6 is 0 Å². The van der Waals surface area contributed by atoms with Gasteiger partial charge in [0.25, 0.3) is 0 Å². The molecule has 0 saturated heterocycles. The quantitative estimate of drug-likeness (QED) is 0.799. The third kappa shape index (κ3) is 2.75. The van der Waals surface area contributed by atoms with Gasteiger partial charge in [-0.15, -0.1) is 13.2 Å². The van der Waals surface area contributed by atoms with E-state index in [0.29, 0.717) is 6.07 Å². The van der Waals surface area contributed by atoms with Gasteiger partial charge in [0.15, 0.2) is 6.29 Å². The van der Waals surface area contributed by atoms with Crippen molar-refractivity contribution in [3.8, 4) is 11.6 Å². The van der Waals surface area contributed by atoms with E-state index in [1.807, 2.05) is 0 Å². The van der Waals surface area contributed by atoms with E-state index in [0.717, 1.165) is 7.11 Å². The number of alkyl halides is 3. The van der Waals surface area contributed by atoms with Gasteiger partial charge < -0.3 is 14.5 Å². The van der Waals surface area contributed by atoms with Crippen LogP contribution in [0.2, 0.25) is 0 Å². The van der Waals surface area contributed by atoms with Crippen molar-refractivity contribution in [2.45, 2.75) is 6.36 Å². The SMILES string of the molecule is COc1[nH]c(C=O)cc(=O)c1OC(F)(F)F. The van der Waals surface area contributed by atoms with Crippen molar-refractivity contribution in [3.63, 3.8) is 0 Å². The molecule has 0 aliphatic rings. The highest BCUT2D eigenvalue weighted by Gasteiger charge is 2.34. The Morgan fingerprint density at radius 2 is 2.06 bits per heavy atom. The molecule has 0 radical (unpaired) electrons. The van der Waals surface area contributed by atoms with Gasteiger partial charge in [-0.05, 0) is 0 Å². The number of hydrogen-bond donors (Lipinski definition) is 1. The lowest BCUT2D eigenvalue weighted by Crippen LogP contribution is -2.23. The van der Waals surface area contributed by atoms with Crippen LogP contribution in [-0.2, 0) is 0 Å². The molecule has 0 bridgehead atoms. The maximum atomic E-state index is 11.9. The van der Waals surface area contributed by atoms with Gasteiger partial charge in [0.05, 0.1) is 12.8 Å². The summed E-state index contributed by atoms with van der Waals surface area (Å²) in [6.45, 7) is 0. The van der Waals surface area contributed by atoms with E-state index in [9.17, 15) is 22.8 Å².